The number of anilines is 1. The van der Waals surface area contributed by atoms with Crippen LogP contribution in [0.15, 0.2) is 97.5 Å². The minimum absolute atomic E-state index is 0.0350. The first-order valence-electron chi connectivity index (χ1n) is 31.2. The number of nitrogens with two attached hydrogens (primary N) is 2. The van der Waals surface area contributed by atoms with Gasteiger partial charge in [-0.15, -0.1) is 0 Å². The summed E-state index contributed by atoms with van der Waals surface area (Å²) < 4.78 is 0. The second kappa shape index (κ2) is 33.2. The minimum Gasteiger partial charge on any atom is -0.399 e. The smallest absolute Gasteiger partial charge is 0.246 e. The van der Waals surface area contributed by atoms with Crippen molar-refractivity contribution in [3.8, 4) is 0 Å². The van der Waals surface area contributed by atoms with E-state index in [0.29, 0.717) is 54.7 Å². The molecule has 1 aliphatic carbocycles. The van der Waals surface area contributed by atoms with Gasteiger partial charge in [-0.05, 0) is 91.6 Å². The SMILES string of the molecule is CC(C)C[C@H](NC(=O)C[C@H](O)[C@H](CC1CCCCC1)NC(=O)[C@@H](NC(=O)[C@H](Cc1ccccc1)NC(=O)[C@@H]1CCCN1C(=O)[C@H](Cc1cnc[nH]1)NC(=O)[C@@H]1CCCN1)C(C)C)C(=O)N[C@@H](Cc1ccccc1)C(=O)N[C@@H](Cc1ccc(N)cc1)C(N)=O. The molecule has 3 aromatic carbocycles. The van der Waals surface area contributed by atoms with Crippen molar-refractivity contribution in [2.24, 2.45) is 23.5 Å². The van der Waals surface area contributed by atoms with E-state index in [-0.39, 0.29) is 56.4 Å². The summed E-state index contributed by atoms with van der Waals surface area (Å²) in [6.07, 6.45) is 8.70. The van der Waals surface area contributed by atoms with Gasteiger partial charge in [-0.25, -0.2) is 4.98 Å². The zero-order valence-corrected chi connectivity index (χ0v) is 51.1. The van der Waals surface area contributed by atoms with Crippen molar-refractivity contribution in [3.63, 3.8) is 0 Å². The second-order valence-corrected chi connectivity index (χ2v) is 24.7. The number of hydrogen-bond acceptors (Lipinski definition) is 13. The van der Waals surface area contributed by atoms with E-state index < -0.39 is 120 Å². The third kappa shape index (κ3) is 20.5. The molecule has 3 fully saturated rings. The molecule has 0 unspecified atom stereocenters. The molecule has 1 aromatic heterocycles. The number of nitrogens with one attached hydrogen (secondary N) is 9. The van der Waals surface area contributed by atoms with Crippen molar-refractivity contribution >= 4 is 58.9 Å². The Morgan fingerprint density at radius 3 is 1.80 bits per heavy atom. The Hall–Kier alpha value is -8.18. The third-order valence-corrected chi connectivity index (χ3v) is 16.8. The van der Waals surface area contributed by atoms with Gasteiger partial charge in [0, 0.05) is 49.8 Å². The Morgan fingerprint density at radius 2 is 1.20 bits per heavy atom. The van der Waals surface area contributed by atoms with Crippen LogP contribution in [0, 0.1) is 17.8 Å². The van der Waals surface area contributed by atoms with Crippen LogP contribution in [0.4, 0.5) is 5.69 Å². The van der Waals surface area contributed by atoms with Crippen LogP contribution < -0.4 is 54.0 Å². The number of nitrogens with zero attached hydrogens (tertiary/aromatic N) is 2. The highest BCUT2D eigenvalue weighted by Crippen LogP contribution is 2.29. The number of primary amides is 1. The average molecular weight is 1210 g/mol. The number of benzene rings is 3. The maximum Gasteiger partial charge on any atom is 0.246 e. The van der Waals surface area contributed by atoms with Crippen LogP contribution in [-0.4, -0.2) is 147 Å². The van der Waals surface area contributed by atoms with E-state index in [4.69, 9.17) is 11.5 Å². The predicted octanol–water partition coefficient (Wildman–Crippen LogP) is 2.31. The summed E-state index contributed by atoms with van der Waals surface area (Å²) in [7, 11) is 0. The molecule has 3 heterocycles. The molecule has 9 amide bonds. The molecule has 88 heavy (non-hydrogen) atoms. The van der Waals surface area contributed by atoms with Gasteiger partial charge in [-0.3, -0.25) is 43.2 Å². The number of aromatic amines is 1. The lowest BCUT2D eigenvalue weighted by Crippen LogP contribution is -2.60. The van der Waals surface area contributed by atoms with Gasteiger partial charge in [0.2, 0.25) is 53.2 Å². The van der Waals surface area contributed by atoms with Gasteiger partial charge in [0.15, 0.2) is 0 Å². The Morgan fingerprint density at radius 1 is 0.614 bits per heavy atom. The fraction of sp³-hybridized carbons (Fsp3) is 0.538. The molecule has 4 aromatic rings. The molecule has 23 nitrogen and oxygen atoms in total. The molecular formula is C65H91N13O10. The number of carbonyl (C=O) groups is 9. The third-order valence-electron chi connectivity index (χ3n) is 16.8. The number of rotatable bonds is 31. The van der Waals surface area contributed by atoms with Crippen molar-refractivity contribution in [2.45, 2.75) is 191 Å². The molecule has 0 spiro atoms. The molecule has 2 aliphatic heterocycles. The van der Waals surface area contributed by atoms with E-state index in [2.05, 4.69) is 52.5 Å². The molecule has 7 rings (SSSR count). The summed E-state index contributed by atoms with van der Waals surface area (Å²) in [6, 6.07) is 15.5. The molecule has 10 atom stereocenters. The summed E-state index contributed by atoms with van der Waals surface area (Å²) in [6.45, 7) is 8.17. The first-order valence-corrected chi connectivity index (χ1v) is 31.2. The summed E-state index contributed by atoms with van der Waals surface area (Å²) in [5.74, 6) is -5.97. The standard InChI is InChI=1S/C65H91N13O10/c1-39(2)30-50(60(83)74-51(33-42-18-10-6-11-19-42)61(84)73-49(58(67)81)32-44-24-26-45(66)27-25-44)71-56(80)36-55(79)48(31-41-16-8-5-9-17-41)72-64(87)57(40(3)4)77-62(85)52(34-43-20-12-7-13-21-43)75-63(86)54-23-15-29-78(54)65(88)53(35-46-37-68-38-70-46)76-59(82)47-22-14-28-69-47/h6-7,10-13,18-21,24-27,37-41,47-55,57,69,79H,5,8-9,14-17,22-23,28-36,66H2,1-4H3,(H2,67,81)(H,68,70)(H,71,80)(H,72,87)(H,73,84)(H,74,83)(H,75,86)(H,76,82)(H,77,85)/t47-,48-,49-,50-,51-,52-,53-,54-,55-,57-/m0/s1. The Balaban J connectivity index is 1.04. The lowest BCUT2D eigenvalue weighted by molar-refractivity contribution is -0.142. The van der Waals surface area contributed by atoms with Crippen LogP contribution in [0.1, 0.15) is 127 Å². The van der Waals surface area contributed by atoms with Crippen LogP contribution in [0.5, 0.6) is 0 Å². The molecule has 476 valence electrons. The maximum absolute atomic E-state index is 14.7. The number of aliphatic hydroxyl groups excluding tert-OH is 1. The van der Waals surface area contributed by atoms with Gasteiger partial charge in [-0.2, -0.15) is 0 Å². The van der Waals surface area contributed by atoms with E-state index in [0.717, 1.165) is 44.1 Å². The van der Waals surface area contributed by atoms with Crippen LogP contribution in [-0.2, 0) is 68.8 Å². The number of nitrogen functional groups attached to an aromatic ring is 1. The number of likely N-dealkylation sites (tertiary alicyclic amines) is 1. The van der Waals surface area contributed by atoms with E-state index in [1.54, 1.807) is 80.7 Å². The van der Waals surface area contributed by atoms with Crippen molar-refractivity contribution in [1.82, 2.24) is 57.4 Å². The predicted molar refractivity (Wildman–Crippen MR) is 332 cm³/mol. The summed E-state index contributed by atoms with van der Waals surface area (Å²) in [5, 5.41) is 35.3. The summed E-state index contributed by atoms with van der Waals surface area (Å²) in [5.41, 5.74) is 14.9. The van der Waals surface area contributed by atoms with Gasteiger partial charge >= 0.3 is 0 Å². The number of H-pyrrole nitrogens is 1. The van der Waals surface area contributed by atoms with Gasteiger partial charge in [-0.1, -0.05) is 133 Å². The van der Waals surface area contributed by atoms with E-state index >= 15 is 0 Å². The van der Waals surface area contributed by atoms with E-state index in [9.17, 15) is 48.3 Å². The summed E-state index contributed by atoms with van der Waals surface area (Å²) >= 11 is 0. The first-order chi connectivity index (χ1) is 42.2. The number of aromatic nitrogens is 2. The highest BCUT2D eigenvalue weighted by atomic mass is 16.3. The average Bonchev–Trinajstić information content (AvgIpc) is 4.55. The monoisotopic (exact) mass is 1210 g/mol. The van der Waals surface area contributed by atoms with Crippen LogP contribution in [0.25, 0.3) is 0 Å². The van der Waals surface area contributed by atoms with Crippen molar-refractivity contribution in [3.05, 3.63) is 120 Å². The Labute approximate surface area is 515 Å². The zero-order valence-electron chi connectivity index (χ0n) is 51.1. The molecule has 3 aliphatic rings. The molecule has 14 N–H and O–H groups in total. The molecule has 0 bridgehead atoms. The minimum atomic E-state index is -1.45. The van der Waals surface area contributed by atoms with Crippen molar-refractivity contribution in [1.29, 1.82) is 0 Å². The number of aliphatic hydroxyl groups is 1. The van der Waals surface area contributed by atoms with Crippen molar-refractivity contribution in [2.75, 3.05) is 18.8 Å². The lowest BCUT2D eigenvalue weighted by atomic mass is 9.83. The maximum atomic E-state index is 14.7. The lowest BCUT2D eigenvalue weighted by Gasteiger charge is -2.33. The van der Waals surface area contributed by atoms with Gasteiger partial charge in [0.1, 0.15) is 42.3 Å². The highest BCUT2D eigenvalue weighted by molar-refractivity contribution is 5.97. The van der Waals surface area contributed by atoms with Gasteiger partial charge < -0.3 is 69.0 Å². The molecule has 0 radical (unpaired) electrons. The van der Waals surface area contributed by atoms with Crippen molar-refractivity contribution < 1.29 is 48.3 Å². The second-order valence-electron chi connectivity index (χ2n) is 24.7. The first kappa shape index (κ1) is 67.3. The van der Waals surface area contributed by atoms with Crippen LogP contribution >= 0.6 is 0 Å². The van der Waals surface area contributed by atoms with E-state index in [1.165, 1.54) is 11.2 Å². The fourth-order valence-corrected chi connectivity index (χ4v) is 12.0. The number of imidazole rings is 1. The quantitative estimate of drug-likeness (QED) is 0.0323. The number of hydrogen-bond donors (Lipinski definition) is 12. The molecule has 1 saturated carbocycles. The topological polar surface area (TPSA) is 354 Å². The Kier molecular flexibility index (Phi) is 25.4. The van der Waals surface area contributed by atoms with Crippen LogP contribution in [0.3, 0.4) is 0 Å². The number of amides is 9. The largest absolute Gasteiger partial charge is 0.399 e. The molecular weight excluding hydrogens is 1120 g/mol. The van der Waals surface area contributed by atoms with Crippen LogP contribution in [0.2, 0.25) is 0 Å². The highest BCUT2D eigenvalue weighted by Gasteiger charge is 2.41. The zero-order chi connectivity index (χ0) is 63.3. The van der Waals surface area contributed by atoms with Gasteiger partial charge in [0.25, 0.3) is 0 Å². The molecule has 2 saturated heterocycles. The fourth-order valence-electron chi connectivity index (χ4n) is 12.0. The Bertz CT molecular complexity index is 2940. The normalized spacial score (nSPS) is 18.8. The number of carbonyl (C=O) groups excluding carboxylic acids is 9. The van der Waals surface area contributed by atoms with E-state index in [1.807, 2.05) is 38.1 Å². The molecule has 23 heteroatoms. The summed E-state index contributed by atoms with van der Waals surface area (Å²) in [4.78, 5) is 136. The van der Waals surface area contributed by atoms with Gasteiger partial charge in [0.05, 0.1) is 30.9 Å².